The van der Waals surface area contributed by atoms with E-state index in [9.17, 15) is 13.2 Å². The minimum Gasteiger partial charge on any atom is -0.475 e. The van der Waals surface area contributed by atoms with E-state index in [0.29, 0.717) is 6.42 Å². The maximum atomic E-state index is 11.8. The van der Waals surface area contributed by atoms with E-state index in [2.05, 4.69) is 4.72 Å². The highest BCUT2D eigenvalue weighted by Gasteiger charge is 2.21. The molecule has 102 valence electrons. The van der Waals surface area contributed by atoms with Crippen molar-refractivity contribution in [2.45, 2.75) is 32.3 Å². The lowest BCUT2D eigenvalue weighted by molar-refractivity contribution is 0.0656. The number of hydrogen-bond donors (Lipinski definition) is 2. The number of nitrogens with one attached hydrogen (secondary N) is 1. The first-order valence-corrected chi connectivity index (χ1v) is 6.93. The van der Waals surface area contributed by atoms with Crippen LogP contribution >= 0.6 is 0 Å². The van der Waals surface area contributed by atoms with E-state index in [-0.39, 0.29) is 17.1 Å². The highest BCUT2D eigenvalue weighted by atomic mass is 32.2. The van der Waals surface area contributed by atoms with Crippen LogP contribution in [0.1, 0.15) is 37.7 Å². The Hall–Kier alpha value is -1.34. The van der Waals surface area contributed by atoms with Gasteiger partial charge in [0, 0.05) is 6.54 Å². The van der Waals surface area contributed by atoms with E-state index in [0.717, 1.165) is 12.1 Å². The van der Waals surface area contributed by atoms with E-state index in [1.165, 1.54) is 0 Å². The minimum atomic E-state index is -3.78. The van der Waals surface area contributed by atoms with Crippen LogP contribution in [0.25, 0.3) is 0 Å². The van der Waals surface area contributed by atoms with Crippen molar-refractivity contribution < 1.29 is 22.7 Å². The Labute approximate surface area is 106 Å². The zero-order chi connectivity index (χ0) is 14.0. The van der Waals surface area contributed by atoms with Gasteiger partial charge in [0.1, 0.15) is 0 Å². The van der Waals surface area contributed by atoms with Gasteiger partial charge in [-0.2, -0.15) is 0 Å². The molecule has 0 amide bonds. The molecule has 1 aromatic heterocycles. The summed E-state index contributed by atoms with van der Waals surface area (Å²) in [5.74, 6) is -1.70. The van der Waals surface area contributed by atoms with Gasteiger partial charge in [0.25, 0.3) is 10.0 Å². The van der Waals surface area contributed by atoms with Gasteiger partial charge in [-0.1, -0.05) is 20.8 Å². The van der Waals surface area contributed by atoms with E-state index in [4.69, 9.17) is 9.52 Å². The van der Waals surface area contributed by atoms with Gasteiger partial charge in [-0.3, -0.25) is 0 Å². The van der Waals surface area contributed by atoms with Gasteiger partial charge in [0.15, 0.2) is 0 Å². The summed E-state index contributed by atoms with van der Waals surface area (Å²) in [6.45, 7) is 6.26. The van der Waals surface area contributed by atoms with Gasteiger partial charge in [-0.25, -0.2) is 17.9 Å². The lowest BCUT2D eigenvalue weighted by Crippen LogP contribution is -2.27. The topological polar surface area (TPSA) is 96.6 Å². The first-order chi connectivity index (χ1) is 8.12. The lowest BCUT2D eigenvalue weighted by atomic mass is 9.93. The van der Waals surface area contributed by atoms with Gasteiger partial charge >= 0.3 is 5.97 Å². The molecule has 1 heterocycles. The van der Waals surface area contributed by atoms with Crippen molar-refractivity contribution in [3.63, 3.8) is 0 Å². The van der Waals surface area contributed by atoms with Crippen LogP contribution in [0, 0.1) is 5.41 Å². The molecule has 0 bridgehead atoms. The van der Waals surface area contributed by atoms with Gasteiger partial charge in [-0.05, 0) is 24.0 Å². The van der Waals surface area contributed by atoms with E-state index < -0.39 is 21.8 Å². The summed E-state index contributed by atoms with van der Waals surface area (Å²) in [5, 5.41) is 8.26. The summed E-state index contributed by atoms with van der Waals surface area (Å²) in [6, 6.07) is 2.24. The molecule has 0 unspecified atom stereocenters. The molecular formula is C11H17NO5S. The summed E-state index contributed by atoms with van der Waals surface area (Å²) in [4.78, 5) is 10.6. The van der Waals surface area contributed by atoms with E-state index in [1.54, 1.807) is 0 Å². The number of furan rings is 1. The molecule has 0 aromatic carbocycles. The number of rotatable bonds is 5. The van der Waals surface area contributed by atoms with E-state index >= 15 is 0 Å². The van der Waals surface area contributed by atoms with Crippen molar-refractivity contribution in [3.8, 4) is 0 Å². The zero-order valence-corrected chi connectivity index (χ0v) is 11.4. The number of carboxylic acids is 1. The van der Waals surface area contributed by atoms with Crippen molar-refractivity contribution in [1.29, 1.82) is 0 Å². The van der Waals surface area contributed by atoms with Gasteiger partial charge < -0.3 is 9.52 Å². The number of hydrogen-bond acceptors (Lipinski definition) is 4. The molecule has 18 heavy (non-hydrogen) atoms. The minimum absolute atomic E-state index is 0.0118. The summed E-state index contributed by atoms with van der Waals surface area (Å²) >= 11 is 0. The molecule has 0 saturated heterocycles. The number of carboxylic acid groups (broad SMARTS) is 1. The average molecular weight is 275 g/mol. The smallest absolute Gasteiger partial charge is 0.371 e. The Balaban J connectivity index is 2.71. The summed E-state index contributed by atoms with van der Waals surface area (Å²) in [5.41, 5.74) is 0.0118. The second-order valence-electron chi connectivity index (χ2n) is 5.13. The average Bonchev–Trinajstić information content (AvgIpc) is 2.63. The fourth-order valence-corrected chi connectivity index (χ4v) is 2.17. The Morgan fingerprint density at radius 3 is 2.44 bits per heavy atom. The molecule has 0 fully saturated rings. The van der Waals surface area contributed by atoms with E-state index in [1.807, 2.05) is 20.8 Å². The highest BCUT2D eigenvalue weighted by molar-refractivity contribution is 7.89. The van der Waals surface area contributed by atoms with Gasteiger partial charge in [0.2, 0.25) is 10.9 Å². The Morgan fingerprint density at radius 1 is 1.39 bits per heavy atom. The van der Waals surface area contributed by atoms with Crippen LogP contribution in [0.3, 0.4) is 0 Å². The monoisotopic (exact) mass is 275 g/mol. The number of carbonyl (C=O) groups is 1. The van der Waals surface area contributed by atoms with Gasteiger partial charge in [-0.15, -0.1) is 0 Å². The predicted molar refractivity (Wildman–Crippen MR) is 64.9 cm³/mol. The van der Waals surface area contributed by atoms with Crippen molar-refractivity contribution >= 4 is 16.0 Å². The molecule has 0 aliphatic carbocycles. The third-order valence-corrected chi connectivity index (χ3v) is 3.56. The second kappa shape index (κ2) is 5.11. The third kappa shape index (κ3) is 4.15. The van der Waals surface area contributed by atoms with Gasteiger partial charge in [0.05, 0.1) is 0 Å². The molecule has 0 aliphatic rings. The van der Waals surface area contributed by atoms with Crippen molar-refractivity contribution in [2.75, 3.05) is 6.54 Å². The maximum absolute atomic E-state index is 11.8. The standard InChI is InChI=1S/C11H17NO5S/c1-11(2,3)6-7-12-18(15,16)9-5-4-8(17-9)10(13)14/h4-5,12H,6-7H2,1-3H3,(H,13,14). The fourth-order valence-electron chi connectivity index (χ4n) is 1.21. The fraction of sp³-hybridized carbons (Fsp3) is 0.545. The second-order valence-corrected chi connectivity index (χ2v) is 6.83. The first-order valence-electron chi connectivity index (χ1n) is 5.45. The van der Waals surface area contributed by atoms with Crippen LogP contribution in [0.2, 0.25) is 0 Å². The SMILES string of the molecule is CC(C)(C)CCNS(=O)(=O)c1ccc(C(=O)O)o1. The molecule has 0 atom stereocenters. The molecule has 7 heteroatoms. The Kier molecular flexibility index (Phi) is 4.18. The largest absolute Gasteiger partial charge is 0.475 e. The zero-order valence-electron chi connectivity index (χ0n) is 10.6. The summed E-state index contributed by atoms with van der Waals surface area (Å²) in [6.07, 6.45) is 0.665. The van der Waals surface area contributed by atoms with Crippen LogP contribution in [-0.4, -0.2) is 26.0 Å². The Bertz CT molecular complexity index is 524. The Morgan fingerprint density at radius 2 is 2.00 bits per heavy atom. The predicted octanol–water partition coefficient (Wildman–Crippen LogP) is 1.69. The molecule has 6 nitrogen and oxygen atoms in total. The quantitative estimate of drug-likeness (QED) is 0.852. The molecule has 0 radical (unpaired) electrons. The molecular weight excluding hydrogens is 258 g/mol. The summed E-state index contributed by atoms with van der Waals surface area (Å²) in [7, 11) is -3.78. The third-order valence-electron chi connectivity index (χ3n) is 2.22. The summed E-state index contributed by atoms with van der Waals surface area (Å²) < 4.78 is 30.6. The lowest BCUT2D eigenvalue weighted by Gasteiger charge is -2.17. The maximum Gasteiger partial charge on any atom is 0.371 e. The molecule has 0 spiro atoms. The van der Waals surface area contributed by atoms with Crippen molar-refractivity contribution in [3.05, 3.63) is 17.9 Å². The molecule has 0 aliphatic heterocycles. The van der Waals surface area contributed by atoms with Crippen molar-refractivity contribution in [1.82, 2.24) is 4.72 Å². The van der Waals surface area contributed by atoms with Crippen LogP contribution in [0.4, 0.5) is 0 Å². The number of sulfonamides is 1. The van der Waals surface area contributed by atoms with Crippen LogP contribution < -0.4 is 4.72 Å². The molecule has 2 N–H and O–H groups in total. The van der Waals surface area contributed by atoms with Crippen LogP contribution in [0.5, 0.6) is 0 Å². The molecule has 1 aromatic rings. The van der Waals surface area contributed by atoms with Crippen molar-refractivity contribution in [2.24, 2.45) is 5.41 Å². The van der Waals surface area contributed by atoms with Crippen LogP contribution in [0.15, 0.2) is 21.6 Å². The highest BCUT2D eigenvalue weighted by Crippen LogP contribution is 2.18. The molecule has 1 rings (SSSR count). The first kappa shape index (κ1) is 14.7. The van der Waals surface area contributed by atoms with Crippen LogP contribution in [-0.2, 0) is 10.0 Å². The molecule has 0 saturated carbocycles. The number of aromatic carboxylic acids is 1. The normalized spacial score (nSPS) is 12.6.